The fourth-order valence-corrected chi connectivity index (χ4v) is 4.07. The number of nitrogens with two attached hydrogens (primary N) is 1. The molecule has 2 aliphatic rings. The summed E-state index contributed by atoms with van der Waals surface area (Å²) in [5, 5.41) is 7.46. The maximum atomic E-state index is 12.3. The van der Waals surface area contributed by atoms with Gasteiger partial charge in [0.25, 0.3) is 0 Å². The lowest BCUT2D eigenvalue weighted by Gasteiger charge is -2.24. The molecule has 26 heavy (non-hydrogen) atoms. The molecule has 0 bridgehead atoms. The van der Waals surface area contributed by atoms with Gasteiger partial charge in [0.05, 0.1) is 0 Å². The lowest BCUT2D eigenvalue weighted by atomic mass is 10.0. The summed E-state index contributed by atoms with van der Waals surface area (Å²) < 4.78 is 0. The van der Waals surface area contributed by atoms with Gasteiger partial charge in [-0.15, -0.1) is 0 Å². The van der Waals surface area contributed by atoms with Crippen molar-refractivity contribution < 1.29 is 4.79 Å². The van der Waals surface area contributed by atoms with E-state index in [9.17, 15) is 4.79 Å². The van der Waals surface area contributed by atoms with E-state index in [1.54, 1.807) is 0 Å². The van der Waals surface area contributed by atoms with Gasteiger partial charge in [0.15, 0.2) is 0 Å². The number of rotatable bonds is 6. The van der Waals surface area contributed by atoms with Crippen LogP contribution < -0.4 is 10.6 Å². The van der Waals surface area contributed by atoms with Crippen molar-refractivity contribution >= 4 is 23.4 Å². The van der Waals surface area contributed by atoms with Crippen LogP contribution in [-0.2, 0) is 11.2 Å². The molecule has 5 nitrogen and oxygen atoms in total. The van der Waals surface area contributed by atoms with Crippen molar-refractivity contribution in [2.24, 2.45) is 17.6 Å². The minimum atomic E-state index is 0.307. The third kappa shape index (κ3) is 3.92. The molecule has 3 rings (SSSR count). The van der Waals surface area contributed by atoms with Gasteiger partial charge in [0.2, 0.25) is 5.91 Å². The van der Waals surface area contributed by atoms with Crippen molar-refractivity contribution in [3.8, 4) is 0 Å². The Morgan fingerprint density at radius 3 is 2.88 bits per heavy atom. The summed E-state index contributed by atoms with van der Waals surface area (Å²) >= 11 is 0. The second-order valence-corrected chi connectivity index (χ2v) is 7.90. The van der Waals surface area contributed by atoms with Crippen molar-refractivity contribution in [2.45, 2.75) is 33.1 Å². The Bertz CT molecular complexity index is 710. The molecule has 0 aromatic heterocycles. The van der Waals surface area contributed by atoms with Crippen LogP contribution in [0.15, 0.2) is 24.4 Å². The Morgan fingerprint density at radius 2 is 2.19 bits per heavy atom. The van der Waals surface area contributed by atoms with Crippen LogP contribution in [0.1, 0.15) is 37.8 Å². The fraction of sp³-hybridized carbons (Fsp3) is 0.524. The number of anilines is 1. The van der Waals surface area contributed by atoms with Gasteiger partial charge in [-0.25, -0.2) is 0 Å². The number of hydrogen-bond acceptors (Lipinski definition) is 4. The predicted octanol–water partition coefficient (Wildman–Crippen LogP) is 2.89. The largest absolute Gasteiger partial charge is 0.404 e. The third-order valence-electron chi connectivity index (χ3n) is 5.44. The lowest BCUT2D eigenvalue weighted by Crippen LogP contribution is -2.32. The zero-order chi connectivity index (χ0) is 18.7. The van der Waals surface area contributed by atoms with Crippen LogP contribution in [0.4, 0.5) is 5.69 Å². The summed E-state index contributed by atoms with van der Waals surface area (Å²) in [6.07, 6.45) is 5.58. The van der Waals surface area contributed by atoms with Gasteiger partial charge in [-0.3, -0.25) is 4.79 Å². The standard InChI is InChI=1S/C21H30N4O/c1-15(2)9-21(26)25-7-5-16(14-25)13-24-8-6-18-10-17(3-4-20(18)24)19(11-22)12-23/h3-4,10-12,15-16,22H,5-9,13-14,23H2,1-2H3/b19-12+,22-11?. The Kier molecular flexibility index (Phi) is 5.64. The number of carbonyl (C=O) groups excluding carboxylic acids is 1. The molecule has 1 atom stereocenters. The number of likely N-dealkylation sites (tertiary alicyclic amines) is 1. The minimum absolute atomic E-state index is 0.307. The van der Waals surface area contributed by atoms with Gasteiger partial charge in [-0.05, 0) is 47.9 Å². The highest BCUT2D eigenvalue weighted by atomic mass is 16.2. The number of hydrogen-bond donors (Lipinski definition) is 2. The second kappa shape index (κ2) is 7.94. The molecule has 3 N–H and O–H groups in total. The molecule has 1 fully saturated rings. The van der Waals surface area contributed by atoms with Gasteiger partial charge < -0.3 is 20.9 Å². The van der Waals surface area contributed by atoms with Crippen LogP contribution in [-0.4, -0.2) is 43.2 Å². The summed E-state index contributed by atoms with van der Waals surface area (Å²) in [5.41, 5.74) is 9.99. The van der Waals surface area contributed by atoms with E-state index in [4.69, 9.17) is 11.1 Å². The number of nitrogens with zero attached hydrogens (tertiary/aromatic N) is 2. The first-order valence-electron chi connectivity index (χ1n) is 9.60. The van der Waals surface area contributed by atoms with Crippen molar-refractivity contribution in [1.82, 2.24) is 4.90 Å². The highest BCUT2D eigenvalue weighted by molar-refractivity contribution is 6.08. The molecule has 140 valence electrons. The van der Waals surface area contributed by atoms with Crippen molar-refractivity contribution in [3.05, 3.63) is 35.5 Å². The highest BCUT2D eigenvalue weighted by Crippen LogP contribution is 2.32. The molecule has 5 heteroatoms. The van der Waals surface area contributed by atoms with E-state index in [1.807, 2.05) is 11.0 Å². The summed E-state index contributed by atoms with van der Waals surface area (Å²) in [6.45, 7) is 8.04. The smallest absolute Gasteiger partial charge is 0.222 e. The summed E-state index contributed by atoms with van der Waals surface area (Å²) in [7, 11) is 0. The van der Waals surface area contributed by atoms with Crippen LogP contribution in [0.25, 0.3) is 5.57 Å². The van der Waals surface area contributed by atoms with E-state index < -0.39 is 0 Å². The molecule has 1 saturated heterocycles. The molecule has 1 amide bonds. The second-order valence-electron chi connectivity index (χ2n) is 7.90. The van der Waals surface area contributed by atoms with Crippen molar-refractivity contribution in [1.29, 1.82) is 5.41 Å². The zero-order valence-electron chi connectivity index (χ0n) is 15.9. The van der Waals surface area contributed by atoms with Gasteiger partial charge >= 0.3 is 0 Å². The van der Waals surface area contributed by atoms with Crippen LogP contribution in [0, 0.1) is 17.2 Å². The molecule has 2 aliphatic heterocycles. The number of carbonyl (C=O) groups is 1. The Balaban J connectivity index is 1.62. The first-order chi connectivity index (χ1) is 12.5. The SMILES string of the molecule is CC(C)CC(=O)N1CCC(CN2CCc3cc(/C(C=N)=C/N)ccc32)C1. The first-order valence-corrected chi connectivity index (χ1v) is 9.60. The van der Waals surface area contributed by atoms with Crippen molar-refractivity contribution in [3.63, 3.8) is 0 Å². The van der Waals surface area contributed by atoms with E-state index in [-0.39, 0.29) is 0 Å². The molecule has 2 heterocycles. The molecule has 0 saturated carbocycles. The monoisotopic (exact) mass is 354 g/mol. The molecular weight excluding hydrogens is 324 g/mol. The van der Waals surface area contributed by atoms with E-state index >= 15 is 0 Å². The normalized spacial score (nSPS) is 20.0. The molecule has 0 spiro atoms. The maximum Gasteiger partial charge on any atom is 0.222 e. The highest BCUT2D eigenvalue weighted by Gasteiger charge is 2.29. The topological polar surface area (TPSA) is 73.4 Å². The van der Waals surface area contributed by atoms with E-state index in [2.05, 4.69) is 30.9 Å². The maximum absolute atomic E-state index is 12.3. The van der Waals surface area contributed by atoms with Crippen LogP contribution in [0.2, 0.25) is 0 Å². The number of fused-ring (bicyclic) bond motifs is 1. The predicted molar refractivity (Wildman–Crippen MR) is 107 cm³/mol. The molecule has 0 radical (unpaired) electrons. The average Bonchev–Trinajstić information content (AvgIpc) is 3.23. The molecular formula is C21H30N4O. The number of nitrogens with one attached hydrogen (secondary N) is 1. The van der Waals surface area contributed by atoms with Crippen molar-refractivity contribution in [2.75, 3.05) is 31.1 Å². The van der Waals surface area contributed by atoms with Gasteiger partial charge in [0, 0.05) is 56.3 Å². The third-order valence-corrected chi connectivity index (χ3v) is 5.44. The zero-order valence-corrected chi connectivity index (χ0v) is 15.9. The summed E-state index contributed by atoms with van der Waals surface area (Å²) in [4.78, 5) is 16.8. The Hall–Kier alpha value is -2.30. The van der Waals surface area contributed by atoms with E-state index in [0.717, 1.165) is 50.2 Å². The lowest BCUT2D eigenvalue weighted by molar-refractivity contribution is -0.131. The number of allylic oxidation sites excluding steroid dienone is 1. The van der Waals surface area contributed by atoms with Gasteiger partial charge in [-0.2, -0.15) is 0 Å². The van der Waals surface area contributed by atoms with Crippen LogP contribution in [0.3, 0.4) is 0 Å². The molecule has 0 aliphatic carbocycles. The minimum Gasteiger partial charge on any atom is -0.404 e. The van der Waals surface area contributed by atoms with Crippen LogP contribution in [0.5, 0.6) is 0 Å². The Labute approximate surface area is 156 Å². The number of benzene rings is 1. The average molecular weight is 354 g/mol. The first kappa shape index (κ1) is 18.5. The quantitative estimate of drug-likeness (QED) is 0.772. The molecule has 1 aromatic carbocycles. The van der Waals surface area contributed by atoms with E-state index in [0.29, 0.717) is 24.2 Å². The summed E-state index contributed by atoms with van der Waals surface area (Å²) in [5.74, 6) is 1.29. The fourth-order valence-electron chi connectivity index (χ4n) is 4.07. The van der Waals surface area contributed by atoms with E-state index in [1.165, 1.54) is 23.7 Å². The molecule has 1 unspecified atom stereocenters. The number of amides is 1. The summed E-state index contributed by atoms with van der Waals surface area (Å²) in [6, 6.07) is 6.36. The van der Waals surface area contributed by atoms with Gasteiger partial charge in [-0.1, -0.05) is 19.9 Å². The van der Waals surface area contributed by atoms with Crippen LogP contribution >= 0.6 is 0 Å². The Morgan fingerprint density at radius 1 is 1.38 bits per heavy atom. The molecule has 1 aromatic rings. The van der Waals surface area contributed by atoms with Gasteiger partial charge in [0.1, 0.15) is 0 Å².